The molecule has 0 fully saturated rings. The molecule has 0 spiro atoms. The van der Waals surface area contributed by atoms with Gasteiger partial charge in [0.25, 0.3) is 0 Å². The largest absolute Gasteiger partial charge is 0.504 e. The van der Waals surface area contributed by atoms with Crippen molar-refractivity contribution in [1.82, 2.24) is 0 Å². The lowest BCUT2D eigenvalue weighted by atomic mass is 10.2. The Labute approximate surface area is 66.5 Å². The molecule has 0 amide bonds. The Morgan fingerprint density at radius 1 is 1.25 bits per heavy atom. The van der Waals surface area contributed by atoms with E-state index in [0.717, 1.165) is 12.1 Å². The predicted octanol–water partition coefficient (Wildman–Crippen LogP) is 0.935. The van der Waals surface area contributed by atoms with Gasteiger partial charge in [-0.1, -0.05) is 0 Å². The summed E-state index contributed by atoms with van der Waals surface area (Å²) < 4.78 is 12.4. The van der Waals surface area contributed by atoms with Crippen molar-refractivity contribution in [2.45, 2.75) is 0 Å². The van der Waals surface area contributed by atoms with E-state index in [4.69, 9.17) is 15.3 Å². The van der Waals surface area contributed by atoms with Crippen LogP contribution in [0.15, 0.2) is 12.1 Å². The zero-order chi connectivity index (χ0) is 9.30. The van der Waals surface area contributed by atoms with Gasteiger partial charge in [-0.3, -0.25) is 0 Å². The third-order valence-electron chi connectivity index (χ3n) is 1.33. The lowest BCUT2D eigenvalue weighted by Gasteiger charge is -2.01. The number of carboxylic acids is 1. The fourth-order valence-electron chi connectivity index (χ4n) is 0.728. The van der Waals surface area contributed by atoms with Crippen LogP contribution in [0.2, 0.25) is 0 Å². The van der Waals surface area contributed by atoms with Crippen LogP contribution in [0.3, 0.4) is 0 Å². The summed E-state index contributed by atoms with van der Waals surface area (Å²) in [6, 6.07) is 1.63. The standard InChI is InChI=1S/C7H5FO4/c8-4-2-1-3(7(11)12)5(9)6(4)10/h1-2,9-10H,(H,11,12). The van der Waals surface area contributed by atoms with Crippen LogP contribution in [0, 0.1) is 5.82 Å². The fourth-order valence-corrected chi connectivity index (χ4v) is 0.728. The van der Waals surface area contributed by atoms with Gasteiger partial charge in [0.2, 0.25) is 0 Å². The van der Waals surface area contributed by atoms with E-state index in [1.54, 1.807) is 0 Å². The van der Waals surface area contributed by atoms with Gasteiger partial charge in [-0.05, 0) is 12.1 Å². The number of aromatic hydroxyl groups is 2. The monoisotopic (exact) mass is 172 g/mol. The van der Waals surface area contributed by atoms with Crippen LogP contribution < -0.4 is 0 Å². The van der Waals surface area contributed by atoms with Crippen LogP contribution in [0.1, 0.15) is 10.4 Å². The summed E-state index contributed by atoms with van der Waals surface area (Å²) in [5.41, 5.74) is -0.533. The van der Waals surface area contributed by atoms with Gasteiger partial charge in [0.15, 0.2) is 17.3 Å². The Bertz CT molecular complexity index is 334. The number of carboxylic acid groups (broad SMARTS) is 1. The van der Waals surface area contributed by atoms with Gasteiger partial charge in [0.05, 0.1) is 0 Å². The Morgan fingerprint density at radius 3 is 2.33 bits per heavy atom. The maximum absolute atomic E-state index is 12.4. The predicted molar refractivity (Wildman–Crippen MR) is 36.7 cm³/mol. The van der Waals surface area contributed by atoms with Crippen LogP contribution in [-0.2, 0) is 0 Å². The number of hydrogen-bond acceptors (Lipinski definition) is 3. The van der Waals surface area contributed by atoms with E-state index in [1.165, 1.54) is 0 Å². The molecule has 0 heterocycles. The second-order valence-electron chi connectivity index (χ2n) is 2.10. The molecule has 0 bridgehead atoms. The van der Waals surface area contributed by atoms with Crippen molar-refractivity contribution >= 4 is 5.97 Å². The molecule has 0 atom stereocenters. The van der Waals surface area contributed by atoms with Crippen molar-refractivity contribution in [1.29, 1.82) is 0 Å². The molecule has 1 aromatic rings. The second kappa shape index (κ2) is 2.69. The highest BCUT2D eigenvalue weighted by Crippen LogP contribution is 2.31. The van der Waals surface area contributed by atoms with Gasteiger partial charge < -0.3 is 15.3 Å². The normalized spacial score (nSPS) is 9.75. The molecule has 1 aromatic carbocycles. The number of halogens is 1. The summed E-state index contributed by atoms with van der Waals surface area (Å²) in [6.07, 6.45) is 0. The number of carbonyl (C=O) groups is 1. The SMILES string of the molecule is O=C(O)c1ccc(F)c(O)c1O. The Balaban J connectivity index is 3.36. The van der Waals surface area contributed by atoms with E-state index < -0.39 is 28.8 Å². The number of hydrogen-bond donors (Lipinski definition) is 3. The average Bonchev–Trinajstić information content (AvgIpc) is 2.00. The number of aromatic carboxylic acids is 1. The molecule has 0 aliphatic rings. The molecule has 0 radical (unpaired) electrons. The summed E-state index contributed by atoms with van der Waals surface area (Å²) in [5.74, 6) is -4.49. The Hall–Kier alpha value is -1.78. The van der Waals surface area contributed by atoms with E-state index in [9.17, 15) is 9.18 Å². The Morgan fingerprint density at radius 2 is 1.83 bits per heavy atom. The minimum atomic E-state index is -1.43. The Kier molecular flexibility index (Phi) is 1.86. The third-order valence-corrected chi connectivity index (χ3v) is 1.33. The van der Waals surface area contributed by atoms with Gasteiger partial charge in [0.1, 0.15) is 5.56 Å². The van der Waals surface area contributed by atoms with Crippen LogP contribution >= 0.6 is 0 Å². The van der Waals surface area contributed by atoms with E-state index in [-0.39, 0.29) is 0 Å². The molecular weight excluding hydrogens is 167 g/mol. The number of rotatable bonds is 1. The highest BCUT2D eigenvalue weighted by atomic mass is 19.1. The van der Waals surface area contributed by atoms with Crippen molar-refractivity contribution in [2.24, 2.45) is 0 Å². The highest BCUT2D eigenvalue weighted by Gasteiger charge is 2.15. The summed E-state index contributed by atoms with van der Waals surface area (Å²) in [7, 11) is 0. The molecule has 12 heavy (non-hydrogen) atoms. The first-order valence-corrected chi connectivity index (χ1v) is 2.97. The van der Waals surface area contributed by atoms with Gasteiger partial charge in [-0.2, -0.15) is 0 Å². The van der Waals surface area contributed by atoms with Crippen LogP contribution in [-0.4, -0.2) is 21.3 Å². The van der Waals surface area contributed by atoms with Gasteiger partial charge in [-0.25, -0.2) is 9.18 Å². The van der Waals surface area contributed by atoms with Crippen molar-refractivity contribution in [3.05, 3.63) is 23.5 Å². The molecule has 0 aromatic heterocycles. The van der Waals surface area contributed by atoms with E-state index in [2.05, 4.69) is 0 Å². The van der Waals surface area contributed by atoms with Crippen molar-refractivity contribution < 1.29 is 24.5 Å². The van der Waals surface area contributed by atoms with Crippen molar-refractivity contribution in [2.75, 3.05) is 0 Å². The van der Waals surface area contributed by atoms with Crippen LogP contribution in [0.4, 0.5) is 4.39 Å². The molecule has 3 N–H and O–H groups in total. The zero-order valence-electron chi connectivity index (χ0n) is 5.78. The highest BCUT2D eigenvalue weighted by molar-refractivity contribution is 5.91. The quantitative estimate of drug-likeness (QED) is 0.551. The van der Waals surface area contributed by atoms with Crippen molar-refractivity contribution in [3.63, 3.8) is 0 Å². The fraction of sp³-hybridized carbons (Fsp3) is 0. The molecule has 64 valence electrons. The number of phenols is 2. The minimum Gasteiger partial charge on any atom is -0.504 e. The van der Waals surface area contributed by atoms with Crippen LogP contribution in [0.25, 0.3) is 0 Å². The van der Waals surface area contributed by atoms with Gasteiger partial charge in [0, 0.05) is 0 Å². The zero-order valence-corrected chi connectivity index (χ0v) is 5.78. The first-order chi connectivity index (χ1) is 5.54. The molecule has 0 saturated heterocycles. The smallest absolute Gasteiger partial charge is 0.339 e. The summed E-state index contributed by atoms with van der Waals surface area (Å²) in [5, 5.41) is 26.0. The van der Waals surface area contributed by atoms with E-state index in [1.807, 2.05) is 0 Å². The maximum Gasteiger partial charge on any atom is 0.339 e. The first-order valence-electron chi connectivity index (χ1n) is 2.97. The second-order valence-corrected chi connectivity index (χ2v) is 2.10. The van der Waals surface area contributed by atoms with Crippen molar-refractivity contribution in [3.8, 4) is 11.5 Å². The minimum absolute atomic E-state index is 0.533. The molecule has 4 nitrogen and oxygen atoms in total. The molecular formula is C7H5FO4. The summed E-state index contributed by atoms with van der Waals surface area (Å²) >= 11 is 0. The summed E-state index contributed by atoms with van der Waals surface area (Å²) in [4.78, 5) is 10.3. The molecule has 0 saturated carbocycles. The lowest BCUT2D eigenvalue weighted by Crippen LogP contribution is -1.97. The molecule has 5 heteroatoms. The molecule has 0 aliphatic heterocycles. The average molecular weight is 172 g/mol. The number of phenolic OH excluding ortho intramolecular Hbond substituents is 1. The topological polar surface area (TPSA) is 77.8 Å². The van der Waals surface area contributed by atoms with E-state index >= 15 is 0 Å². The van der Waals surface area contributed by atoms with Gasteiger partial charge in [-0.15, -0.1) is 0 Å². The molecule has 0 unspecified atom stereocenters. The van der Waals surface area contributed by atoms with Crippen LogP contribution in [0.5, 0.6) is 11.5 Å². The number of benzene rings is 1. The van der Waals surface area contributed by atoms with E-state index in [0.29, 0.717) is 0 Å². The molecule has 0 aliphatic carbocycles. The molecule has 1 rings (SSSR count). The lowest BCUT2D eigenvalue weighted by molar-refractivity contribution is 0.0693. The third kappa shape index (κ3) is 1.16. The maximum atomic E-state index is 12.4. The first kappa shape index (κ1) is 8.32. The van der Waals surface area contributed by atoms with Gasteiger partial charge >= 0.3 is 5.97 Å². The summed E-state index contributed by atoms with van der Waals surface area (Å²) in [6.45, 7) is 0.